The molecule has 0 saturated carbocycles. The standard InChI is InChI=1S/C4H8Cl.2H2O.Zn/c1-2-3-4-5;;;/h1-4H2;2*1H2;/q-1;;;. The van der Waals surface area contributed by atoms with Crippen LogP contribution < -0.4 is 0 Å². The number of hydrogen-bond acceptors (Lipinski definition) is 0. The van der Waals surface area contributed by atoms with Gasteiger partial charge in [-0.1, -0.05) is 6.42 Å². The first kappa shape index (κ1) is 23.2. The second-order valence-electron chi connectivity index (χ2n) is 0.896. The average molecular weight is 193 g/mol. The van der Waals surface area contributed by atoms with E-state index in [1.807, 2.05) is 0 Å². The van der Waals surface area contributed by atoms with Crippen LogP contribution in [-0.4, -0.2) is 16.8 Å². The summed E-state index contributed by atoms with van der Waals surface area (Å²) in [4.78, 5) is 0. The van der Waals surface area contributed by atoms with Crippen molar-refractivity contribution in [3.05, 3.63) is 6.92 Å². The minimum Gasteiger partial charge on any atom is -0.412 e. The van der Waals surface area contributed by atoms with Crippen molar-refractivity contribution in [3.8, 4) is 0 Å². The minimum absolute atomic E-state index is 0. The quantitative estimate of drug-likeness (QED) is 0.341. The Morgan fingerprint density at radius 3 is 1.62 bits per heavy atom. The van der Waals surface area contributed by atoms with Gasteiger partial charge in [-0.05, 0) is 0 Å². The van der Waals surface area contributed by atoms with Gasteiger partial charge in [-0.2, -0.15) is 6.42 Å². The Morgan fingerprint density at radius 1 is 1.25 bits per heavy atom. The zero-order valence-corrected chi connectivity index (χ0v) is 8.64. The van der Waals surface area contributed by atoms with Crippen molar-refractivity contribution in [2.24, 2.45) is 0 Å². The molecule has 0 heterocycles. The van der Waals surface area contributed by atoms with E-state index in [4.69, 9.17) is 11.6 Å². The maximum atomic E-state index is 5.26. The molecule has 8 heavy (non-hydrogen) atoms. The molecule has 0 aliphatic heterocycles. The van der Waals surface area contributed by atoms with Crippen molar-refractivity contribution in [2.45, 2.75) is 12.8 Å². The van der Waals surface area contributed by atoms with Gasteiger partial charge in [0.05, 0.1) is 0 Å². The molecule has 0 aliphatic carbocycles. The monoisotopic (exact) mass is 191 g/mol. The molecular weight excluding hydrogens is 181 g/mol. The van der Waals surface area contributed by atoms with E-state index in [-0.39, 0.29) is 30.4 Å². The first-order chi connectivity index (χ1) is 2.41. The van der Waals surface area contributed by atoms with Crippen LogP contribution in [0.15, 0.2) is 0 Å². The molecule has 2 nitrogen and oxygen atoms in total. The molecule has 0 rings (SSSR count). The van der Waals surface area contributed by atoms with Gasteiger partial charge in [0.2, 0.25) is 0 Å². The number of alkyl halides is 1. The summed E-state index contributed by atoms with van der Waals surface area (Å²) in [5, 5.41) is 0. The number of rotatable bonds is 2. The average Bonchev–Trinajstić information content (AvgIpc) is 1.41. The van der Waals surface area contributed by atoms with Crippen LogP contribution in [0.25, 0.3) is 0 Å². The Bertz CT molecular complexity index is 21.5. The van der Waals surface area contributed by atoms with E-state index < -0.39 is 0 Å². The third-order valence-electron chi connectivity index (χ3n) is 0.384. The van der Waals surface area contributed by atoms with E-state index in [2.05, 4.69) is 6.92 Å². The fourth-order valence-electron chi connectivity index (χ4n) is 0.0945. The third-order valence-corrected chi connectivity index (χ3v) is 0.651. The first-order valence-electron chi connectivity index (χ1n) is 1.77. The Morgan fingerprint density at radius 2 is 1.62 bits per heavy atom. The van der Waals surface area contributed by atoms with Crippen molar-refractivity contribution in [3.63, 3.8) is 0 Å². The van der Waals surface area contributed by atoms with Gasteiger partial charge in [-0.3, -0.25) is 0 Å². The van der Waals surface area contributed by atoms with Crippen molar-refractivity contribution >= 4 is 11.6 Å². The maximum absolute atomic E-state index is 5.26. The van der Waals surface area contributed by atoms with Crippen LogP contribution in [0.1, 0.15) is 12.8 Å². The van der Waals surface area contributed by atoms with Crippen LogP contribution in [0, 0.1) is 6.92 Å². The fraction of sp³-hybridized carbons (Fsp3) is 0.750. The number of hydrogen-bond donors (Lipinski definition) is 0. The largest absolute Gasteiger partial charge is 0.412 e. The summed E-state index contributed by atoms with van der Waals surface area (Å²) in [7, 11) is 0. The van der Waals surface area contributed by atoms with Gasteiger partial charge in [-0.15, -0.1) is 11.6 Å². The van der Waals surface area contributed by atoms with E-state index in [1.54, 1.807) is 0 Å². The predicted octanol–water partition coefficient (Wildman–Crippen LogP) is 0.188. The van der Waals surface area contributed by atoms with E-state index in [1.165, 1.54) is 0 Å². The molecule has 0 fully saturated rings. The fourth-order valence-corrected chi connectivity index (χ4v) is 0.283. The third kappa shape index (κ3) is 29.0. The first-order valence-corrected chi connectivity index (χ1v) is 2.30. The molecule has 0 spiro atoms. The molecule has 0 radical (unpaired) electrons. The summed E-state index contributed by atoms with van der Waals surface area (Å²) in [5.41, 5.74) is 0. The Hall–Kier alpha value is 0.833. The molecule has 0 atom stereocenters. The van der Waals surface area contributed by atoms with Crippen molar-refractivity contribution < 1.29 is 30.4 Å². The summed E-state index contributed by atoms with van der Waals surface area (Å²) >= 11 is 5.26. The SMILES string of the molecule is O.O.[CH2-]CCCCl.[Zn]. The molecule has 0 unspecified atom stereocenters. The Labute approximate surface area is 68.0 Å². The van der Waals surface area contributed by atoms with Crippen molar-refractivity contribution in [2.75, 3.05) is 5.88 Å². The summed E-state index contributed by atoms with van der Waals surface area (Å²) in [5.74, 6) is 0.753. The molecule has 0 aromatic rings. The van der Waals surface area contributed by atoms with E-state index in [9.17, 15) is 0 Å². The van der Waals surface area contributed by atoms with Crippen LogP contribution in [0.5, 0.6) is 0 Å². The number of halogens is 1. The molecule has 0 aliphatic rings. The van der Waals surface area contributed by atoms with Gasteiger partial charge in [0.15, 0.2) is 0 Å². The molecule has 0 aromatic carbocycles. The maximum Gasteiger partial charge on any atom is 0.0199 e. The molecule has 0 amide bonds. The van der Waals surface area contributed by atoms with Gasteiger partial charge < -0.3 is 17.9 Å². The van der Waals surface area contributed by atoms with E-state index in [0.717, 1.165) is 18.7 Å². The summed E-state index contributed by atoms with van der Waals surface area (Å²) < 4.78 is 0. The van der Waals surface area contributed by atoms with Crippen molar-refractivity contribution in [1.29, 1.82) is 0 Å². The summed E-state index contributed by atoms with van der Waals surface area (Å²) in [6, 6.07) is 0. The van der Waals surface area contributed by atoms with E-state index >= 15 is 0 Å². The van der Waals surface area contributed by atoms with Crippen LogP contribution in [0.3, 0.4) is 0 Å². The smallest absolute Gasteiger partial charge is 0.0199 e. The van der Waals surface area contributed by atoms with Gasteiger partial charge in [-0.25, -0.2) is 0 Å². The molecule has 0 bridgehead atoms. The molecular formula is C4H12ClO2Zn-. The Kier molecular flexibility index (Phi) is 72.2. The molecule has 4 N–H and O–H groups in total. The van der Waals surface area contributed by atoms with Gasteiger partial charge in [0.1, 0.15) is 0 Å². The second-order valence-corrected chi connectivity index (χ2v) is 1.27. The summed E-state index contributed by atoms with van der Waals surface area (Å²) in [6.45, 7) is 3.59. The number of unbranched alkanes of at least 4 members (excludes halogenated alkanes) is 1. The topological polar surface area (TPSA) is 63.0 Å². The minimum atomic E-state index is 0. The van der Waals surface area contributed by atoms with E-state index in [0.29, 0.717) is 0 Å². The molecule has 4 heteroatoms. The normalized spacial score (nSPS) is 5.25. The van der Waals surface area contributed by atoms with Crippen LogP contribution in [-0.2, 0) is 19.5 Å². The predicted molar refractivity (Wildman–Crippen MR) is 32.5 cm³/mol. The molecule has 0 aromatic heterocycles. The zero-order valence-electron chi connectivity index (χ0n) is 4.91. The van der Waals surface area contributed by atoms with Crippen LogP contribution >= 0.6 is 11.6 Å². The Balaban J connectivity index is -0.0000000267. The second kappa shape index (κ2) is 24.9. The molecule has 0 saturated heterocycles. The molecule has 50 valence electrons. The zero-order chi connectivity index (χ0) is 4.12. The van der Waals surface area contributed by atoms with Crippen LogP contribution in [0.4, 0.5) is 0 Å². The van der Waals surface area contributed by atoms with Gasteiger partial charge >= 0.3 is 0 Å². The van der Waals surface area contributed by atoms with Gasteiger partial charge in [0.25, 0.3) is 0 Å². The van der Waals surface area contributed by atoms with Crippen molar-refractivity contribution in [1.82, 2.24) is 0 Å². The van der Waals surface area contributed by atoms with Gasteiger partial charge in [0, 0.05) is 25.4 Å². The van der Waals surface area contributed by atoms with Crippen LogP contribution in [0.2, 0.25) is 0 Å². The summed E-state index contributed by atoms with van der Waals surface area (Å²) in [6.07, 6.45) is 2.01.